The molecule has 3 aromatic carbocycles. The fraction of sp³-hybridized carbons (Fsp3) is 0.207. The molecule has 1 aromatic heterocycles. The van der Waals surface area contributed by atoms with Crippen molar-refractivity contribution in [2.45, 2.75) is 26.4 Å². The van der Waals surface area contributed by atoms with Crippen LogP contribution in [-0.2, 0) is 19.4 Å². The van der Waals surface area contributed by atoms with Crippen LogP contribution in [-0.4, -0.2) is 29.8 Å². The summed E-state index contributed by atoms with van der Waals surface area (Å²) in [5, 5.41) is 5.00. The van der Waals surface area contributed by atoms with Gasteiger partial charge in [-0.1, -0.05) is 35.0 Å². The second-order valence-electron chi connectivity index (χ2n) is 8.59. The van der Waals surface area contributed by atoms with E-state index in [0.717, 1.165) is 26.9 Å². The first-order chi connectivity index (χ1) is 18.5. The van der Waals surface area contributed by atoms with Gasteiger partial charge in [0.25, 0.3) is 5.56 Å². The molecule has 9 heteroatoms. The summed E-state index contributed by atoms with van der Waals surface area (Å²) in [5.74, 6) is 3.17. The van der Waals surface area contributed by atoms with Crippen LogP contribution in [0, 0.1) is 0 Å². The number of hydrogen-bond donors (Lipinski definition) is 0. The molecule has 194 valence electrons. The molecule has 8 nitrogen and oxygen atoms in total. The van der Waals surface area contributed by atoms with Crippen molar-refractivity contribution >= 4 is 33.0 Å². The van der Waals surface area contributed by atoms with E-state index in [0.29, 0.717) is 53.4 Å². The highest BCUT2D eigenvalue weighted by Gasteiger charge is 2.16. The molecule has 1 aliphatic rings. The third-order valence-electron chi connectivity index (χ3n) is 6.07. The normalized spacial score (nSPS) is 12.3. The Morgan fingerprint density at radius 3 is 2.79 bits per heavy atom. The summed E-state index contributed by atoms with van der Waals surface area (Å²) in [6, 6.07) is 14.9. The van der Waals surface area contributed by atoms with Crippen molar-refractivity contribution < 1.29 is 18.9 Å². The van der Waals surface area contributed by atoms with Crippen molar-refractivity contribution in [3.63, 3.8) is 0 Å². The summed E-state index contributed by atoms with van der Waals surface area (Å²) >= 11 is 3.43. The number of hydrogen-bond acceptors (Lipinski definition) is 7. The molecule has 0 spiro atoms. The summed E-state index contributed by atoms with van der Waals surface area (Å²) in [4.78, 5) is 17.9. The quantitative estimate of drug-likeness (QED) is 0.189. The maximum atomic E-state index is 13.2. The average Bonchev–Trinajstić information content (AvgIpc) is 3.40. The first kappa shape index (κ1) is 25.5. The van der Waals surface area contributed by atoms with E-state index in [-0.39, 0.29) is 12.4 Å². The van der Waals surface area contributed by atoms with Gasteiger partial charge in [-0.05, 0) is 60.0 Å². The summed E-state index contributed by atoms with van der Waals surface area (Å²) < 4.78 is 24.9. The maximum absolute atomic E-state index is 13.2. The molecule has 4 aromatic rings. The Bertz CT molecular complexity index is 1610. The molecule has 5 rings (SSSR count). The zero-order chi connectivity index (χ0) is 26.6. The number of aryl methyl sites for hydroxylation is 1. The van der Waals surface area contributed by atoms with Gasteiger partial charge in [0.15, 0.2) is 23.0 Å². The van der Waals surface area contributed by atoms with Gasteiger partial charge in [0.05, 0.1) is 24.2 Å². The minimum atomic E-state index is -0.230. The zero-order valence-electron chi connectivity index (χ0n) is 21.1. The summed E-state index contributed by atoms with van der Waals surface area (Å²) in [5.41, 5.74) is 2.97. The number of benzene rings is 3. The first-order valence-electron chi connectivity index (χ1n) is 12.1. The Morgan fingerprint density at radius 1 is 1.16 bits per heavy atom. The molecule has 0 atom stereocenters. The van der Waals surface area contributed by atoms with Gasteiger partial charge < -0.3 is 18.9 Å². The van der Waals surface area contributed by atoms with Crippen LogP contribution < -0.4 is 24.5 Å². The standard InChI is InChI=1S/C29H26BrN3O5/c1-4-6-20-11-19(15-31-33-27(5-2)32-23-9-8-21(30)14-22(23)29(33)34)13-26(35-3)28(20)36-16-18-7-10-24-25(12-18)38-17-37-24/h4,7-15H,1,5-6,16-17H2,2-3H3. The Kier molecular flexibility index (Phi) is 7.46. The molecule has 0 aliphatic carbocycles. The van der Waals surface area contributed by atoms with Crippen LogP contribution >= 0.6 is 15.9 Å². The molecule has 0 N–H and O–H groups in total. The lowest BCUT2D eigenvalue weighted by Gasteiger charge is -2.16. The van der Waals surface area contributed by atoms with Crippen LogP contribution in [0.25, 0.3) is 10.9 Å². The van der Waals surface area contributed by atoms with Gasteiger partial charge in [-0.2, -0.15) is 9.78 Å². The number of allylic oxidation sites excluding steroid dienone is 1. The van der Waals surface area contributed by atoms with Gasteiger partial charge in [0, 0.05) is 16.5 Å². The van der Waals surface area contributed by atoms with E-state index in [2.05, 4.69) is 32.6 Å². The van der Waals surface area contributed by atoms with Crippen LogP contribution in [0.2, 0.25) is 0 Å². The molecular formula is C29H26BrN3O5. The number of methoxy groups -OCH3 is 1. The fourth-order valence-corrected chi connectivity index (χ4v) is 4.60. The van der Waals surface area contributed by atoms with Crippen molar-refractivity contribution in [3.05, 3.63) is 98.5 Å². The lowest BCUT2D eigenvalue weighted by atomic mass is 10.1. The van der Waals surface area contributed by atoms with Crippen LogP contribution in [0.4, 0.5) is 0 Å². The Morgan fingerprint density at radius 2 is 2.00 bits per heavy atom. The molecule has 0 radical (unpaired) electrons. The molecule has 0 fully saturated rings. The van der Waals surface area contributed by atoms with Crippen molar-refractivity contribution in [2.75, 3.05) is 13.9 Å². The van der Waals surface area contributed by atoms with Crippen molar-refractivity contribution in [1.82, 2.24) is 9.66 Å². The summed E-state index contributed by atoms with van der Waals surface area (Å²) in [7, 11) is 1.59. The zero-order valence-corrected chi connectivity index (χ0v) is 22.7. The van der Waals surface area contributed by atoms with Crippen LogP contribution in [0.3, 0.4) is 0 Å². The van der Waals surface area contributed by atoms with E-state index >= 15 is 0 Å². The van der Waals surface area contributed by atoms with Gasteiger partial charge in [-0.25, -0.2) is 4.98 Å². The minimum absolute atomic E-state index is 0.221. The van der Waals surface area contributed by atoms with Gasteiger partial charge in [0.2, 0.25) is 6.79 Å². The number of halogens is 1. The number of fused-ring (bicyclic) bond motifs is 2. The monoisotopic (exact) mass is 575 g/mol. The van der Waals surface area contributed by atoms with Crippen molar-refractivity contribution in [1.29, 1.82) is 0 Å². The smallest absolute Gasteiger partial charge is 0.282 e. The predicted octanol–water partition coefficient (Wildman–Crippen LogP) is 5.65. The molecule has 2 heterocycles. The van der Waals surface area contributed by atoms with Gasteiger partial charge in [-0.3, -0.25) is 4.79 Å². The first-order valence-corrected chi connectivity index (χ1v) is 12.9. The number of ether oxygens (including phenoxy) is 4. The molecule has 38 heavy (non-hydrogen) atoms. The Labute approximate surface area is 228 Å². The highest BCUT2D eigenvalue weighted by molar-refractivity contribution is 9.10. The molecule has 0 saturated carbocycles. The minimum Gasteiger partial charge on any atom is -0.493 e. The predicted molar refractivity (Wildman–Crippen MR) is 150 cm³/mol. The van der Waals surface area contributed by atoms with Crippen molar-refractivity contribution in [2.24, 2.45) is 5.10 Å². The SMILES string of the molecule is C=CCc1cc(C=Nn2c(CC)nc3ccc(Br)cc3c2=O)cc(OC)c1OCc1ccc2c(c1)OCO2. The molecule has 0 unspecified atom stereocenters. The Balaban J connectivity index is 1.47. The molecule has 1 aliphatic heterocycles. The molecule has 0 amide bonds. The van der Waals surface area contributed by atoms with E-state index < -0.39 is 0 Å². The molecule has 0 saturated heterocycles. The largest absolute Gasteiger partial charge is 0.493 e. The Hall–Kier alpha value is -4.11. The van der Waals surface area contributed by atoms with E-state index in [9.17, 15) is 4.79 Å². The summed E-state index contributed by atoms with van der Waals surface area (Å²) in [6.07, 6.45) is 4.53. The third-order valence-corrected chi connectivity index (χ3v) is 6.57. The molecule has 0 bridgehead atoms. The lowest BCUT2D eigenvalue weighted by Crippen LogP contribution is -2.22. The maximum Gasteiger partial charge on any atom is 0.282 e. The fourth-order valence-electron chi connectivity index (χ4n) is 4.23. The van der Waals surface area contributed by atoms with Gasteiger partial charge in [0.1, 0.15) is 12.4 Å². The van der Waals surface area contributed by atoms with Crippen LogP contribution in [0.15, 0.2) is 75.6 Å². The second-order valence-corrected chi connectivity index (χ2v) is 9.50. The van der Waals surface area contributed by atoms with Gasteiger partial charge >= 0.3 is 0 Å². The average molecular weight is 576 g/mol. The topological polar surface area (TPSA) is 84.2 Å². The van der Waals surface area contributed by atoms with E-state index in [1.807, 2.05) is 49.4 Å². The van der Waals surface area contributed by atoms with Crippen molar-refractivity contribution in [3.8, 4) is 23.0 Å². The van der Waals surface area contributed by atoms with E-state index in [4.69, 9.17) is 18.9 Å². The lowest BCUT2D eigenvalue weighted by molar-refractivity contribution is 0.174. The second kappa shape index (κ2) is 11.1. The highest BCUT2D eigenvalue weighted by Crippen LogP contribution is 2.36. The third kappa shape index (κ3) is 5.15. The van der Waals surface area contributed by atoms with Crippen LogP contribution in [0.5, 0.6) is 23.0 Å². The number of rotatable bonds is 9. The van der Waals surface area contributed by atoms with E-state index in [1.165, 1.54) is 4.68 Å². The van der Waals surface area contributed by atoms with E-state index in [1.54, 1.807) is 25.5 Å². The number of nitrogens with zero attached hydrogens (tertiary/aromatic N) is 3. The van der Waals surface area contributed by atoms with Crippen LogP contribution in [0.1, 0.15) is 29.4 Å². The van der Waals surface area contributed by atoms with Gasteiger partial charge in [-0.15, -0.1) is 6.58 Å². The highest BCUT2D eigenvalue weighted by atomic mass is 79.9. The molecular weight excluding hydrogens is 550 g/mol. The number of aromatic nitrogens is 2. The summed E-state index contributed by atoms with van der Waals surface area (Å²) in [6.45, 7) is 6.36.